The van der Waals surface area contributed by atoms with E-state index in [-0.39, 0.29) is 18.4 Å². The van der Waals surface area contributed by atoms with E-state index in [4.69, 9.17) is 4.74 Å². The van der Waals surface area contributed by atoms with Gasteiger partial charge in [-0.05, 0) is 50.2 Å². The van der Waals surface area contributed by atoms with Crippen LogP contribution in [-0.4, -0.2) is 37.6 Å². The number of ether oxygens (including phenoxy) is 1. The smallest absolute Gasteiger partial charge is 0.249 e. The summed E-state index contributed by atoms with van der Waals surface area (Å²) in [5.41, 5.74) is 2.16. The van der Waals surface area contributed by atoms with E-state index < -0.39 is 6.10 Å². The number of amides is 2. The van der Waals surface area contributed by atoms with E-state index in [0.717, 1.165) is 18.5 Å². The van der Waals surface area contributed by atoms with E-state index in [1.165, 1.54) is 18.4 Å². The van der Waals surface area contributed by atoms with Crippen molar-refractivity contribution in [3.8, 4) is 0 Å². The molecule has 3 rings (SSSR count). The number of para-hydroxylation sites is 1. The summed E-state index contributed by atoms with van der Waals surface area (Å²) in [4.78, 5) is 26.2. The molecule has 1 aromatic rings. The summed E-state index contributed by atoms with van der Waals surface area (Å²) in [5.74, 6) is 0.334. The summed E-state index contributed by atoms with van der Waals surface area (Å²) < 4.78 is 5.52. The molecule has 2 aliphatic rings. The Labute approximate surface area is 137 Å². The van der Waals surface area contributed by atoms with Crippen LogP contribution in [0.2, 0.25) is 0 Å². The molecule has 124 valence electrons. The predicted molar refractivity (Wildman–Crippen MR) is 88.3 cm³/mol. The van der Waals surface area contributed by atoms with E-state index >= 15 is 0 Å². The van der Waals surface area contributed by atoms with E-state index in [0.29, 0.717) is 19.1 Å². The summed E-state index contributed by atoms with van der Waals surface area (Å²) in [6, 6.07) is 7.96. The highest BCUT2D eigenvalue weighted by molar-refractivity contribution is 5.98. The van der Waals surface area contributed by atoms with Gasteiger partial charge in [-0.1, -0.05) is 18.2 Å². The van der Waals surface area contributed by atoms with Crippen molar-refractivity contribution in [1.29, 1.82) is 0 Å². The Morgan fingerprint density at radius 3 is 2.91 bits per heavy atom. The number of fused-ring (bicyclic) bond motifs is 1. The number of benzene rings is 1. The number of anilines is 1. The topological polar surface area (TPSA) is 58.6 Å². The van der Waals surface area contributed by atoms with Crippen molar-refractivity contribution in [3.05, 3.63) is 29.8 Å². The quantitative estimate of drug-likeness (QED) is 0.872. The van der Waals surface area contributed by atoms with Crippen LogP contribution in [0.3, 0.4) is 0 Å². The lowest BCUT2D eigenvalue weighted by Crippen LogP contribution is -2.45. The molecule has 1 heterocycles. The fourth-order valence-electron chi connectivity index (χ4n) is 2.84. The Morgan fingerprint density at radius 1 is 1.35 bits per heavy atom. The normalized spacial score (nSPS) is 18.2. The number of rotatable bonds is 6. The van der Waals surface area contributed by atoms with Crippen LogP contribution in [0, 0.1) is 5.92 Å². The zero-order valence-electron chi connectivity index (χ0n) is 13.6. The molecule has 5 heteroatoms. The minimum Gasteiger partial charge on any atom is -0.368 e. The first-order chi connectivity index (χ1) is 11.1. The van der Waals surface area contributed by atoms with Crippen molar-refractivity contribution < 1.29 is 14.3 Å². The van der Waals surface area contributed by atoms with Gasteiger partial charge in [-0.15, -0.1) is 0 Å². The van der Waals surface area contributed by atoms with E-state index in [1.54, 1.807) is 11.8 Å². The summed E-state index contributed by atoms with van der Waals surface area (Å²) in [7, 11) is 0. The highest BCUT2D eigenvalue weighted by Crippen LogP contribution is 2.29. The van der Waals surface area contributed by atoms with E-state index in [2.05, 4.69) is 11.4 Å². The van der Waals surface area contributed by atoms with Crippen LogP contribution < -0.4 is 10.2 Å². The minimum absolute atomic E-state index is 0.0182. The monoisotopic (exact) mass is 316 g/mol. The number of hydrogen-bond donors (Lipinski definition) is 1. The average Bonchev–Trinajstić information content (AvgIpc) is 3.41. The van der Waals surface area contributed by atoms with Gasteiger partial charge in [0.15, 0.2) is 0 Å². The Bertz CT molecular complexity index is 583. The van der Waals surface area contributed by atoms with Crippen molar-refractivity contribution in [2.75, 3.05) is 24.6 Å². The van der Waals surface area contributed by atoms with Crippen LogP contribution in [0.1, 0.15) is 31.7 Å². The third-order valence-corrected chi connectivity index (χ3v) is 4.47. The van der Waals surface area contributed by atoms with Crippen molar-refractivity contribution in [1.82, 2.24) is 5.32 Å². The Balaban J connectivity index is 1.50. The molecule has 1 N–H and O–H groups in total. The zero-order valence-corrected chi connectivity index (χ0v) is 13.6. The Hall–Kier alpha value is -1.88. The lowest BCUT2D eigenvalue weighted by molar-refractivity contribution is -0.133. The van der Waals surface area contributed by atoms with Crippen molar-refractivity contribution in [2.45, 2.75) is 38.7 Å². The van der Waals surface area contributed by atoms with E-state index in [9.17, 15) is 9.59 Å². The molecule has 1 aromatic carbocycles. The third kappa shape index (κ3) is 4.10. The highest BCUT2D eigenvalue weighted by Gasteiger charge is 2.25. The van der Waals surface area contributed by atoms with Crippen LogP contribution in [-0.2, 0) is 20.7 Å². The van der Waals surface area contributed by atoms with Gasteiger partial charge in [0, 0.05) is 12.2 Å². The second-order valence-electron chi connectivity index (χ2n) is 6.41. The standard InChI is InChI=1S/C18H24N2O3/c1-13(23-12-14-8-9-14)18(22)19-11-17(21)20-10-4-6-15-5-2-3-7-16(15)20/h2-3,5,7,13-14H,4,6,8-12H2,1H3,(H,19,22)/t13-/m1/s1. The number of carbonyl (C=O) groups excluding carboxylic acids is 2. The lowest BCUT2D eigenvalue weighted by Gasteiger charge is -2.29. The fraction of sp³-hybridized carbons (Fsp3) is 0.556. The van der Waals surface area contributed by atoms with Gasteiger partial charge in [-0.25, -0.2) is 0 Å². The summed E-state index contributed by atoms with van der Waals surface area (Å²) in [5, 5.41) is 2.70. The van der Waals surface area contributed by atoms with E-state index in [1.807, 2.05) is 18.2 Å². The van der Waals surface area contributed by atoms with Crippen molar-refractivity contribution in [2.24, 2.45) is 5.92 Å². The van der Waals surface area contributed by atoms with Crippen LogP contribution >= 0.6 is 0 Å². The minimum atomic E-state index is -0.503. The van der Waals surface area contributed by atoms with Gasteiger partial charge in [-0.3, -0.25) is 9.59 Å². The molecule has 1 aliphatic heterocycles. The first kappa shape index (κ1) is 16.0. The molecule has 1 atom stereocenters. The molecule has 1 aliphatic carbocycles. The third-order valence-electron chi connectivity index (χ3n) is 4.47. The average molecular weight is 316 g/mol. The van der Waals surface area contributed by atoms with Gasteiger partial charge in [0.1, 0.15) is 6.10 Å². The number of nitrogens with one attached hydrogen (secondary N) is 1. The second-order valence-corrected chi connectivity index (χ2v) is 6.41. The predicted octanol–water partition coefficient (Wildman–Crippen LogP) is 1.90. The Kier molecular flexibility index (Phi) is 4.96. The van der Waals surface area contributed by atoms with Gasteiger partial charge >= 0.3 is 0 Å². The molecule has 0 aromatic heterocycles. The first-order valence-corrected chi connectivity index (χ1v) is 8.42. The molecule has 23 heavy (non-hydrogen) atoms. The first-order valence-electron chi connectivity index (χ1n) is 8.42. The number of carbonyl (C=O) groups is 2. The molecule has 1 saturated carbocycles. The number of hydrogen-bond acceptors (Lipinski definition) is 3. The van der Waals surface area contributed by atoms with Gasteiger partial charge in [0.25, 0.3) is 0 Å². The zero-order chi connectivity index (χ0) is 16.2. The summed E-state index contributed by atoms with van der Waals surface area (Å²) in [6.45, 7) is 3.10. The van der Waals surface area contributed by atoms with Crippen LogP contribution in [0.5, 0.6) is 0 Å². The van der Waals surface area contributed by atoms with Crippen LogP contribution in [0.25, 0.3) is 0 Å². The fourth-order valence-corrected chi connectivity index (χ4v) is 2.84. The SMILES string of the molecule is C[C@@H](OCC1CC1)C(=O)NCC(=O)N1CCCc2ccccc21. The van der Waals surface area contributed by atoms with Crippen LogP contribution in [0.15, 0.2) is 24.3 Å². The van der Waals surface area contributed by atoms with Crippen LogP contribution in [0.4, 0.5) is 5.69 Å². The summed E-state index contributed by atoms with van der Waals surface area (Å²) in [6.07, 6.45) is 3.84. The molecular formula is C18H24N2O3. The Morgan fingerprint density at radius 2 is 2.13 bits per heavy atom. The molecular weight excluding hydrogens is 292 g/mol. The number of nitrogens with zero attached hydrogens (tertiary/aromatic N) is 1. The summed E-state index contributed by atoms with van der Waals surface area (Å²) >= 11 is 0. The maximum atomic E-state index is 12.4. The molecule has 0 unspecified atom stereocenters. The van der Waals surface area contributed by atoms with Gasteiger partial charge in [0.05, 0.1) is 13.2 Å². The molecule has 5 nitrogen and oxygen atoms in total. The highest BCUT2D eigenvalue weighted by atomic mass is 16.5. The second kappa shape index (κ2) is 7.13. The van der Waals surface area contributed by atoms with Gasteiger partial charge in [0.2, 0.25) is 11.8 Å². The van der Waals surface area contributed by atoms with Gasteiger partial charge < -0.3 is 15.0 Å². The molecule has 0 radical (unpaired) electrons. The molecule has 0 bridgehead atoms. The molecule has 2 amide bonds. The maximum Gasteiger partial charge on any atom is 0.249 e. The van der Waals surface area contributed by atoms with Crippen molar-refractivity contribution >= 4 is 17.5 Å². The maximum absolute atomic E-state index is 12.4. The largest absolute Gasteiger partial charge is 0.368 e. The lowest BCUT2D eigenvalue weighted by atomic mass is 10.0. The molecule has 0 saturated heterocycles. The number of aryl methyl sites for hydroxylation is 1. The van der Waals surface area contributed by atoms with Gasteiger partial charge in [-0.2, -0.15) is 0 Å². The molecule has 0 spiro atoms. The molecule has 1 fully saturated rings. The van der Waals surface area contributed by atoms with Crippen molar-refractivity contribution in [3.63, 3.8) is 0 Å².